The lowest BCUT2D eigenvalue weighted by Crippen LogP contribution is -2.43. The second kappa shape index (κ2) is 7.53. The minimum absolute atomic E-state index is 0.738. The number of hydrogen-bond acceptors (Lipinski definition) is 0. The first-order valence-corrected chi connectivity index (χ1v) is 7.44. The molecule has 0 spiro atoms. The summed E-state index contributed by atoms with van der Waals surface area (Å²) in [6.07, 6.45) is 7.74. The lowest BCUT2D eigenvalue weighted by Gasteiger charge is -2.27. The van der Waals surface area contributed by atoms with Crippen molar-refractivity contribution in [1.29, 1.82) is 0 Å². The molecule has 0 aromatic rings. The van der Waals surface area contributed by atoms with Crippen molar-refractivity contribution >= 4 is 8.24 Å². The van der Waals surface area contributed by atoms with Crippen molar-refractivity contribution in [3.63, 3.8) is 0 Å². The third-order valence-corrected chi connectivity index (χ3v) is 6.13. The molecule has 0 N–H and O–H groups in total. The summed E-state index contributed by atoms with van der Waals surface area (Å²) in [5.74, 6) is 0. The summed E-state index contributed by atoms with van der Waals surface area (Å²) >= 11 is 0. The van der Waals surface area contributed by atoms with Gasteiger partial charge in [-0.05, 0) is 18.1 Å². The highest BCUT2D eigenvalue weighted by molar-refractivity contribution is 6.78. The van der Waals surface area contributed by atoms with Gasteiger partial charge in [0.15, 0.2) is 8.24 Å². The molecule has 0 aromatic carbocycles. The van der Waals surface area contributed by atoms with Crippen LogP contribution in [0.15, 0.2) is 50.6 Å². The maximum atomic E-state index is 4.75. The Morgan fingerprint density at radius 2 is 1.21 bits per heavy atom. The van der Waals surface area contributed by atoms with E-state index in [1.54, 1.807) is 0 Å². The molecule has 0 saturated carbocycles. The van der Waals surface area contributed by atoms with Gasteiger partial charge in [-0.25, -0.2) is 0 Å². The maximum Gasteiger partial charge on any atom is 0.156 e. The Balaban J connectivity index is 4.50. The van der Waals surface area contributed by atoms with Crippen LogP contribution in [0, 0.1) is 0 Å². The summed E-state index contributed by atoms with van der Waals surface area (Å²) in [5, 5.41) is 0. The van der Waals surface area contributed by atoms with Crippen LogP contribution >= 0.6 is 0 Å². The van der Waals surface area contributed by atoms with Gasteiger partial charge in [-0.3, -0.25) is 4.98 Å². The fraction of sp³-hybridized carbons (Fsp3) is 0.333. The quantitative estimate of drug-likeness (QED) is 0.406. The molecule has 1 radical (unpaired) electrons. The molecule has 14 heavy (non-hydrogen) atoms. The smallest absolute Gasteiger partial charge is 0.156 e. The van der Waals surface area contributed by atoms with Crippen LogP contribution in [0.25, 0.3) is 0 Å². The molecule has 0 heterocycles. The second-order valence-electron chi connectivity index (χ2n) is 3.33. The summed E-state index contributed by atoms with van der Waals surface area (Å²) in [6.45, 7) is 15.8. The monoisotopic (exact) mass is 206 g/mol. The molecule has 77 valence electrons. The number of nitrogens with zero attached hydrogens (tertiary/aromatic N) is 1. The van der Waals surface area contributed by atoms with E-state index in [1.807, 2.05) is 24.3 Å². The summed E-state index contributed by atoms with van der Waals surface area (Å²) < 4.78 is 0. The number of hydrogen-bond donors (Lipinski definition) is 0. The number of allylic oxidation sites excluding steroid dienone is 3. The van der Waals surface area contributed by atoms with Gasteiger partial charge in [0.25, 0.3) is 0 Å². The average molecular weight is 206 g/mol. The molecule has 0 aliphatic heterocycles. The van der Waals surface area contributed by atoms with Crippen LogP contribution in [0.5, 0.6) is 0 Å². The molecule has 0 bridgehead atoms. The van der Waals surface area contributed by atoms with Crippen LogP contribution in [0.4, 0.5) is 0 Å². The second-order valence-corrected chi connectivity index (χ2v) is 7.32. The van der Waals surface area contributed by atoms with Crippen molar-refractivity contribution in [3.8, 4) is 0 Å². The summed E-state index contributed by atoms with van der Waals surface area (Å²) in [6, 6.07) is 3.00. The van der Waals surface area contributed by atoms with E-state index in [9.17, 15) is 0 Å². The van der Waals surface area contributed by atoms with Crippen molar-refractivity contribution in [3.05, 3.63) is 50.6 Å². The summed E-state index contributed by atoms with van der Waals surface area (Å²) in [7, 11) is -1.62. The van der Waals surface area contributed by atoms with Crippen molar-refractivity contribution in [2.45, 2.75) is 18.1 Å². The first-order valence-electron chi connectivity index (χ1n) is 4.87. The van der Waals surface area contributed by atoms with Gasteiger partial charge in [-0.2, -0.15) is 0 Å². The van der Waals surface area contributed by atoms with E-state index in [0.29, 0.717) is 0 Å². The van der Waals surface area contributed by atoms with E-state index in [1.165, 1.54) is 0 Å². The van der Waals surface area contributed by atoms with Crippen LogP contribution < -0.4 is 4.98 Å². The molecule has 0 aromatic heterocycles. The summed E-state index contributed by atoms with van der Waals surface area (Å²) in [5.41, 5.74) is 0. The molecule has 0 aliphatic carbocycles. The van der Waals surface area contributed by atoms with Crippen LogP contribution in [0.3, 0.4) is 0 Å². The molecule has 0 aliphatic rings. The molecular formula is C12H20NSi. The zero-order chi connectivity index (χ0) is 10.9. The van der Waals surface area contributed by atoms with Crippen LogP contribution in [0.2, 0.25) is 18.1 Å². The van der Waals surface area contributed by atoms with E-state index in [2.05, 4.69) is 26.3 Å². The van der Waals surface area contributed by atoms with Gasteiger partial charge in [-0.1, -0.05) is 24.3 Å². The van der Waals surface area contributed by atoms with Crippen LogP contribution in [-0.2, 0) is 0 Å². The van der Waals surface area contributed by atoms with E-state index >= 15 is 0 Å². The maximum absolute atomic E-state index is 4.75. The zero-order valence-corrected chi connectivity index (χ0v) is 9.91. The molecule has 2 heteroatoms. The Hall–Kier alpha value is -0.863. The largest absolute Gasteiger partial charge is 0.264 e. The fourth-order valence-corrected chi connectivity index (χ4v) is 4.52. The SMILES string of the molecule is C=CC[N][Si](CC=C)(CC=C)CC=C. The van der Waals surface area contributed by atoms with E-state index < -0.39 is 8.24 Å². The van der Waals surface area contributed by atoms with E-state index in [-0.39, 0.29) is 0 Å². The highest BCUT2D eigenvalue weighted by Gasteiger charge is 2.29. The third kappa shape index (κ3) is 4.39. The Kier molecular flexibility index (Phi) is 7.07. The van der Waals surface area contributed by atoms with Crippen molar-refractivity contribution in [1.82, 2.24) is 4.98 Å². The lowest BCUT2D eigenvalue weighted by molar-refractivity contribution is 0.981. The van der Waals surface area contributed by atoms with Gasteiger partial charge in [0.1, 0.15) is 0 Å². The van der Waals surface area contributed by atoms with Gasteiger partial charge in [0.2, 0.25) is 0 Å². The van der Waals surface area contributed by atoms with Crippen LogP contribution in [0.1, 0.15) is 0 Å². The Morgan fingerprint density at radius 3 is 1.50 bits per heavy atom. The van der Waals surface area contributed by atoms with Gasteiger partial charge < -0.3 is 0 Å². The van der Waals surface area contributed by atoms with Gasteiger partial charge in [-0.15, -0.1) is 26.3 Å². The number of rotatable bonds is 9. The van der Waals surface area contributed by atoms with Crippen LogP contribution in [-0.4, -0.2) is 14.8 Å². The Bertz CT molecular complexity index is 182. The first kappa shape index (κ1) is 13.1. The van der Waals surface area contributed by atoms with Gasteiger partial charge in [0, 0.05) is 6.54 Å². The predicted molar refractivity (Wildman–Crippen MR) is 68.0 cm³/mol. The third-order valence-electron chi connectivity index (χ3n) is 2.13. The topological polar surface area (TPSA) is 14.1 Å². The lowest BCUT2D eigenvalue weighted by atomic mass is 10.7. The molecule has 0 unspecified atom stereocenters. The molecule has 0 amide bonds. The molecule has 0 saturated heterocycles. The standard InChI is InChI=1S/C12H20NSi/c1-5-9-13-14(10-6-2,11-7-3)12-8-4/h5-8H,1-4,9-12H2. The predicted octanol–water partition coefficient (Wildman–Crippen LogP) is 3.28. The van der Waals surface area contributed by atoms with Crippen molar-refractivity contribution in [2.24, 2.45) is 0 Å². The minimum Gasteiger partial charge on any atom is -0.264 e. The normalized spacial score (nSPS) is 10.6. The Morgan fingerprint density at radius 1 is 0.786 bits per heavy atom. The highest BCUT2D eigenvalue weighted by Crippen LogP contribution is 2.20. The fourth-order valence-electron chi connectivity index (χ4n) is 1.51. The highest BCUT2D eigenvalue weighted by atomic mass is 28.3. The van der Waals surface area contributed by atoms with Crippen molar-refractivity contribution < 1.29 is 0 Å². The molecule has 0 fully saturated rings. The van der Waals surface area contributed by atoms with E-state index in [0.717, 1.165) is 24.7 Å². The molecule has 0 rings (SSSR count). The average Bonchev–Trinajstić information content (AvgIpc) is 2.16. The molecular weight excluding hydrogens is 186 g/mol. The summed E-state index contributed by atoms with van der Waals surface area (Å²) in [4.78, 5) is 4.75. The zero-order valence-electron chi connectivity index (χ0n) is 8.91. The molecule has 1 nitrogen and oxygen atoms in total. The van der Waals surface area contributed by atoms with Gasteiger partial charge >= 0.3 is 0 Å². The minimum atomic E-state index is -1.62. The van der Waals surface area contributed by atoms with Gasteiger partial charge in [0.05, 0.1) is 0 Å². The van der Waals surface area contributed by atoms with E-state index in [4.69, 9.17) is 4.98 Å². The molecule has 0 atom stereocenters. The van der Waals surface area contributed by atoms with Crippen molar-refractivity contribution in [2.75, 3.05) is 6.54 Å². The Labute approximate surface area is 89.0 Å². The first-order chi connectivity index (χ1) is 6.74.